The Balaban J connectivity index is 0.000000310. The largest absolute Gasteiger partial charge is 0.508 e. The third-order valence-electron chi connectivity index (χ3n) is 12.3. The minimum absolute atomic E-state index is 0.0484. The third-order valence-corrected chi connectivity index (χ3v) is 13.2. The first-order valence-electron chi connectivity index (χ1n) is 18.7. The summed E-state index contributed by atoms with van der Waals surface area (Å²) in [5, 5.41) is 43.4. The molecule has 1 aromatic carbocycles. The lowest BCUT2D eigenvalue weighted by Gasteiger charge is -2.64. The van der Waals surface area contributed by atoms with Gasteiger partial charge in [0, 0.05) is 47.2 Å². The zero-order chi connectivity index (χ0) is 39.7. The van der Waals surface area contributed by atoms with Crippen molar-refractivity contribution in [3.05, 3.63) is 53.1 Å². The van der Waals surface area contributed by atoms with Crippen molar-refractivity contribution in [2.45, 2.75) is 129 Å². The number of aliphatic hydroxyl groups is 3. The Labute approximate surface area is 318 Å². The van der Waals surface area contributed by atoms with Crippen molar-refractivity contribution in [2.75, 3.05) is 13.2 Å². The second-order valence-corrected chi connectivity index (χ2v) is 17.2. The number of allylic oxidation sites excluding steroid dienone is 4. The van der Waals surface area contributed by atoms with Crippen LogP contribution in [-0.2, 0) is 35.3 Å². The molecule has 4 aliphatic rings. The predicted octanol–water partition coefficient (Wildman–Crippen LogP) is 5.39. The van der Waals surface area contributed by atoms with Crippen LogP contribution >= 0.6 is 11.6 Å². The molecule has 5 N–H and O–H groups in total. The van der Waals surface area contributed by atoms with Crippen molar-refractivity contribution < 1.29 is 49.1 Å². The van der Waals surface area contributed by atoms with Gasteiger partial charge in [0.25, 0.3) is 0 Å². The highest BCUT2D eigenvalue weighted by Crippen LogP contribution is 2.72. The number of phenols is 1. The summed E-state index contributed by atoms with van der Waals surface area (Å²) in [4.78, 5) is 49.5. The van der Waals surface area contributed by atoms with E-state index in [4.69, 9.17) is 26.2 Å². The molecule has 11 nitrogen and oxygen atoms in total. The summed E-state index contributed by atoms with van der Waals surface area (Å²) in [7, 11) is 0. The normalized spacial score (nSPS) is 33.7. The highest BCUT2D eigenvalue weighted by atomic mass is 35.5. The Kier molecular flexibility index (Phi) is 12.8. The average Bonchev–Trinajstić information content (AvgIpc) is 3.32. The number of benzene rings is 1. The van der Waals surface area contributed by atoms with E-state index < -0.39 is 57.8 Å². The van der Waals surface area contributed by atoms with Gasteiger partial charge in [-0.3, -0.25) is 19.2 Å². The Morgan fingerprint density at radius 1 is 1.09 bits per heavy atom. The van der Waals surface area contributed by atoms with Crippen LogP contribution in [-0.4, -0.2) is 79.2 Å². The second kappa shape index (κ2) is 15.9. The van der Waals surface area contributed by atoms with Crippen LogP contribution in [0.25, 0.3) is 0 Å². The van der Waals surface area contributed by atoms with Gasteiger partial charge in [-0.15, -0.1) is 11.6 Å². The number of carbonyl (C=O) groups excluding carboxylic acids is 4. The van der Waals surface area contributed by atoms with E-state index >= 15 is 0 Å². The van der Waals surface area contributed by atoms with E-state index in [1.807, 2.05) is 47.6 Å². The van der Waals surface area contributed by atoms with Gasteiger partial charge in [0.15, 0.2) is 18.0 Å². The summed E-state index contributed by atoms with van der Waals surface area (Å²) in [5.41, 5.74) is -1.21. The van der Waals surface area contributed by atoms with Gasteiger partial charge in [-0.25, -0.2) is 0 Å². The number of alkyl halides is 1. The van der Waals surface area contributed by atoms with Crippen LogP contribution in [0.15, 0.2) is 42.0 Å². The molecule has 0 aliphatic heterocycles. The van der Waals surface area contributed by atoms with Crippen LogP contribution in [0.5, 0.6) is 5.75 Å². The number of β-amino-alcohol motifs (C(OH)–C–C–N with tert-alkyl or cyclic N) is 1. The first-order valence-corrected chi connectivity index (χ1v) is 19.1. The lowest BCUT2D eigenvalue weighted by molar-refractivity contribution is -0.203. The van der Waals surface area contributed by atoms with Crippen molar-refractivity contribution in [1.29, 1.82) is 0 Å². The van der Waals surface area contributed by atoms with Gasteiger partial charge in [-0.2, -0.15) is 0 Å². The van der Waals surface area contributed by atoms with Crippen LogP contribution < -0.4 is 5.32 Å². The fourth-order valence-corrected chi connectivity index (χ4v) is 9.99. The third kappa shape index (κ3) is 7.74. The molecule has 5 rings (SSSR count). The maximum atomic E-state index is 13.9. The van der Waals surface area contributed by atoms with E-state index in [9.17, 15) is 34.5 Å². The number of esters is 2. The van der Waals surface area contributed by atoms with Crippen molar-refractivity contribution in [3.8, 4) is 5.75 Å². The van der Waals surface area contributed by atoms with Crippen LogP contribution in [0, 0.1) is 28.6 Å². The summed E-state index contributed by atoms with van der Waals surface area (Å²) in [6, 6.07) is 4.76. The van der Waals surface area contributed by atoms with Crippen LogP contribution in [0.2, 0.25) is 0 Å². The molecule has 9 atom stereocenters. The summed E-state index contributed by atoms with van der Waals surface area (Å²) in [6.45, 7) is 14.9. The highest BCUT2D eigenvalue weighted by molar-refractivity contribution is 6.26. The molecular formula is C41H58ClNO10. The molecule has 0 bridgehead atoms. The van der Waals surface area contributed by atoms with Crippen molar-refractivity contribution in [3.63, 3.8) is 0 Å². The van der Waals surface area contributed by atoms with Crippen LogP contribution in [0.4, 0.5) is 0 Å². The number of hydrogen-bond acceptors (Lipinski definition) is 11. The Hall–Kier alpha value is -3.09. The van der Waals surface area contributed by atoms with Crippen LogP contribution in [0.1, 0.15) is 111 Å². The molecule has 294 valence electrons. The van der Waals surface area contributed by atoms with E-state index in [0.717, 1.165) is 5.57 Å². The number of ether oxygens (including phenoxy) is 2. The zero-order valence-corrected chi connectivity index (χ0v) is 33.1. The van der Waals surface area contributed by atoms with Crippen molar-refractivity contribution in [2.24, 2.45) is 28.6 Å². The zero-order valence-electron chi connectivity index (χ0n) is 32.3. The number of fused-ring (bicyclic) bond motifs is 5. The van der Waals surface area contributed by atoms with E-state index in [-0.39, 0.29) is 60.7 Å². The smallest absolute Gasteiger partial charge is 0.306 e. The van der Waals surface area contributed by atoms with E-state index in [1.54, 1.807) is 32.1 Å². The van der Waals surface area contributed by atoms with Gasteiger partial charge >= 0.3 is 11.9 Å². The van der Waals surface area contributed by atoms with Gasteiger partial charge in [0.1, 0.15) is 5.75 Å². The van der Waals surface area contributed by atoms with Gasteiger partial charge in [-0.05, 0) is 88.1 Å². The molecule has 3 saturated carbocycles. The summed E-state index contributed by atoms with van der Waals surface area (Å²) in [5.74, 6) is -2.19. The SMILES string of the molecule is CC(C)(C)NCC(O)c1ccc(O)c(CO)c1.CCC(=O)OCC(=O)[C@@]1(OC(=O)CC)[C@@H](C)C[C@H]2[C@@H]3CCC4=CC(=O)C=C[C@]4(C)[C@@]3(Cl)[C@@H](O)C[C@@]21C. The lowest BCUT2D eigenvalue weighted by Crippen LogP contribution is -2.69. The Morgan fingerprint density at radius 2 is 1.75 bits per heavy atom. The minimum Gasteiger partial charge on any atom is -0.508 e. The number of hydrogen-bond donors (Lipinski definition) is 5. The molecule has 0 spiro atoms. The molecule has 0 aromatic heterocycles. The number of carbonyl (C=O) groups is 4. The average molecular weight is 760 g/mol. The first kappa shape index (κ1) is 42.6. The Morgan fingerprint density at radius 3 is 2.36 bits per heavy atom. The number of aromatic hydroxyl groups is 1. The first-order chi connectivity index (χ1) is 24.6. The van der Waals surface area contributed by atoms with Gasteiger partial charge < -0.3 is 35.2 Å². The number of ketones is 2. The fourth-order valence-electron chi connectivity index (χ4n) is 9.47. The predicted molar refractivity (Wildman–Crippen MR) is 200 cm³/mol. The van der Waals surface area contributed by atoms with E-state index in [2.05, 4.69) is 5.32 Å². The maximum Gasteiger partial charge on any atom is 0.306 e. The molecule has 3 fully saturated rings. The molecule has 12 heteroatoms. The highest BCUT2D eigenvalue weighted by Gasteiger charge is 2.76. The topological polar surface area (TPSA) is 180 Å². The number of halogens is 1. The monoisotopic (exact) mass is 759 g/mol. The van der Waals surface area contributed by atoms with Gasteiger partial charge in [0.05, 0.1) is 23.7 Å². The summed E-state index contributed by atoms with van der Waals surface area (Å²) >= 11 is 7.48. The second-order valence-electron chi connectivity index (χ2n) is 16.6. The quantitative estimate of drug-likeness (QED) is 0.153. The molecule has 1 aromatic rings. The summed E-state index contributed by atoms with van der Waals surface area (Å²) < 4.78 is 11.3. The fraction of sp³-hybridized carbons (Fsp3) is 0.659. The van der Waals surface area contributed by atoms with Crippen molar-refractivity contribution in [1.82, 2.24) is 5.32 Å². The van der Waals surface area contributed by atoms with Gasteiger partial charge in [-0.1, -0.05) is 52.3 Å². The van der Waals surface area contributed by atoms with Gasteiger partial charge in [0.2, 0.25) is 5.78 Å². The lowest BCUT2D eigenvalue weighted by atomic mass is 9.45. The minimum atomic E-state index is -1.55. The molecule has 0 amide bonds. The molecule has 1 unspecified atom stereocenters. The number of aliphatic hydroxyl groups excluding tert-OH is 3. The standard InChI is InChI=1S/C28H37ClO7.C13H21NO3/c1-6-23(33)35-15-22(32)28(36-24(34)7-2)16(3)12-20-19-9-8-17-13-18(30)10-11-25(17,4)27(19,29)21(31)14-26(20,28)5;1-13(2,3)14-7-12(17)9-4-5-11(16)10(6-9)8-15/h10-11,13,16,19-21,31H,6-9,12,14-15H2,1-5H3;4-6,12,14-17H,7-8H2,1-3H3/t16-,19-,20-,21-,25-,26-,27-,28-;/m0./s1. The van der Waals surface area contributed by atoms with E-state index in [0.29, 0.717) is 36.9 Å². The van der Waals surface area contributed by atoms with Crippen LogP contribution in [0.3, 0.4) is 0 Å². The molecule has 0 radical (unpaired) electrons. The number of rotatable bonds is 10. The summed E-state index contributed by atoms with van der Waals surface area (Å²) in [6.07, 6.45) is 5.53. The number of Topliss-reactive ketones (excluding diaryl/α,β-unsaturated/α-hetero) is 1. The van der Waals surface area contributed by atoms with E-state index in [1.165, 1.54) is 12.1 Å². The Bertz CT molecular complexity index is 1630. The molecule has 0 heterocycles. The molecule has 0 saturated heterocycles. The maximum absolute atomic E-state index is 13.9. The molecule has 4 aliphatic carbocycles. The number of nitrogens with one attached hydrogen (secondary N) is 1. The van der Waals surface area contributed by atoms with Crippen molar-refractivity contribution >= 4 is 35.1 Å². The molecular weight excluding hydrogens is 702 g/mol. The molecule has 53 heavy (non-hydrogen) atoms.